The minimum absolute atomic E-state index is 0.0296. The maximum absolute atomic E-state index is 14.2. The van der Waals surface area contributed by atoms with Crippen molar-refractivity contribution in [3.63, 3.8) is 0 Å². The van der Waals surface area contributed by atoms with Crippen molar-refractivity contribution in [2.24, 2.45) is 11.5 Å². The molecule has 294 valence electrons. The fourth-order valence-corrected chi connectivity index (χ4v) is 9.39. The molecule has 4 aromatic rings. The van der Waals surface area contributed by atoms with E-state index in [0.29, 0.717) is 30.3 Å². The second kappa shape index (κ2) is 17.5. The van der Waals surface area contributed by atoms with Gasteiger partial charge >= 0.3 is 0 Å². The number of nitrogens with one attached hydrogen (secondary N) is 1. The average molecular weight is 794 g/mol. The Kier molecular flexibility index (Phi) is 13.0. The molecule has 0 atom stereocenters. The summed E-state index contributed by atoms with van der Waals surface area (Å²) in [5, 5.41) is 3.31. The normalized spacial score (nSPS) is 14.1. The average Bonchev–Trinajstić information content (AvgIpc) is 3.16. The van der Waals surface area contributed by atoms with Crippen LogP contribution in [0.5, 0.6) is 5.75 Å². The van der Waals surface area contributed by atoms with Crippen molar-refractivity contribution in [3.8, 4) is 5.75 Å². The van der Waals surface area contributed by atoms with Gasteiger partial charge in [0.15, 0.2) is 0 Å². The summed E-state index contributed by atoms with van der Waals surface area (Å²) in [6, 6.07) is 20.7. The summed E-state index contributed by atoms with van der Waals surface area (Å²) in [5.74, 6) is -1.65. The van der Waals surface area contributed by atoms with Crippen LogP contribution < -0.4 is 30.1 Å². The highest BCUT2D eigenvalue weighted by Crippen LogP contribution is 2.38. The number of benzene rings is 4. The Morgan fingerprint density at radius 2 is 1.20 bits per heavy atom. The van der Waals surface area contributed by atoms with Crippen molar-refractivity contribution in [2.45, 2.75) is 42.5 Å². The van der Waals surface area contributed by atoms with E-state index in [-0.39, 0.29) is 37.8 Å². The van der Waals surface area contributed by atoms with Crippen molar-refractivity contribution in [3.05, 3.63) is 84.9 Å². The molecule has 0 spiro atoms. The number of anilines is 3. The van der Waals surface area contributed by atoms with E-state index in [1.54, 1.807) is 24.3 Å². The third-order valence-electron chi connectivity index (χ3n) is 9.40. The van der Waals surface area contributed by atoms with Crippen LogP contribution in [0.1, 0.15) is 26.7 Å². The van der Waals surface area contributed by atoms with Crippen LogP contribution >= 0.6 is 0 Å². The number of amides is 3. The fourth-order valence-electron chi connectivity index (χ4n) is 6.49. The van der Waals surface area contributed by atoms with E-state index in [4.69, 9.17) is 16.2 Å². The van der Waals surface area contributed by atoms with Gasteiger partial charge in [-0.1, -0.05) is 24.3 Å². The number of nitrogens with zero attached hydrogens (tertiary/aromatic N) is 4. The zero-order chi connectivity index (χ0) is 39.9. The molecule has 0 bridgehead atoms. The van der Waals surface area contributed by atoms with Gasteiger partial charge in [-0.3, -0.25) is 27.9 Å². The van der Waals surface area contributed by atoms with E-state index in [9.17, 15) is 31.2 Å². The van der Waals surface area contributed by atoms with Crippen LogP contribution in [0.15, 0.2) is 94.7 Å². The lowest BCUT2D eigenvalue weighted by Gasteiger charge is -2.36. The minimum atomic E-state index is -4.46. The number of rotatable bonds is 17. The fraction of sp³-hybridized carbons (Fsp3) is 0.342. The summed E-state index contributed by atoms with van der Waals surface area (Å²) in [6.45, 7) is 7.64. The molecule has 15 nitrogen and oxygen atoms in total. The Bertz CT molecular complexity index is 2230. The lowest BCUT2D eigenvalue weighted by Crippen LogP contribution is -2.48. The Morgan fingerprint density at radius 3 is 1.64 bits per heavy atom. The van der Waals surface area contributed by atoms with E-state index < -0.39 is 45.0 Å². The molecule has 4 aromatic carbocycles. The molecule has 0 radical (unpaired) electrons. The third-order valence-corrected chi connectivity index (χ3v) is 13.0. The minimum Gasteiger partial charge on any atom is -0.497 e. The van der Waals surface area contributed by atoms with E-state index in [2.05, 4.69) is 29.0 Å². The largest absolute Gasteiger partial charge is 0.497 e. The Morgan fingerprint density at radius 1 is 0.727 bits per heavy atom. The van der Waals surface area contributed by atoms with Crippen molar-refractivity contribution in [1.29, 1.82) is 0 Å². The highest BCUT2D eigenvalue weighted by atomic mass is 32.2. The smallest absolute Gasteiger partial charge is 0.264 e. The molecule has 1 heterocycles. The highest BCUT2D eigenvalue weighted by molar-refractivity contribution is 7.93. The maximum atomic E-state index is 14.2. The lowest BCUT2D eigenvalue weighted by atomic mass is 10.1. The topological polar surface area (TPSA) is 206 Å². The van der Waals surface area contributed by atoms with Gasteiger partial charge in [0.05, 0.1) is 28.3 Å². The predicted octanol–water partition coefficient (Wildman–Crippen LogP) is 2.95. The number of fused-ring (bicyclic) bond motifs is 1. The van der Waals surface area contributed by atoms with Gasteiger partial charge in [-0.05, 0) is 87.5 Å². The number of sulfonamides is 2. The summed E-state index contributed by atoms with van der Waals surface area (Å²) < 4.78 is 63.1. The van der Waals surface area contributed by atoms with Crippen molar-refractivity contribution >= 4 is 65.6 Å². The van der Waals surface area contributed by atoms with Gasteiger partial charge in [0.2, 0.25) is 17.7 Å². The van der Waals surface area contributed by atoms with Crippen LogP contribution in [0.3, 0.4) is 0 Å². The number of methoxy groups -OCH3 is 1. The number of carbonyl (C=O) groups is 3. The molecule has 1 aliphatic rings. The van der Waals surface area contributed by atoms with Crippen LogP contribution in [-0.4, -0.2) is 103 Å². The Hall–Kier alpha value is -5.23. The molecular weight excluding hydrogens is 747 g/mol. The number of ether oxygens (including phenoxy) is 1. The van der Waals surface area contributed by atoms with Crippen molar-refractivity contribution < 1.29 is 36.0 Å². The second-order valence-electron chi connectivity index (χ2n) is 13.4. The van der Waals surface area contributed by atoms with Gasteiger partial charge in [-0.2, -0.15) is 0 Å². The number of piperazine rings is 1. The lowest BCUT2D eigenvalue weighted by molar-refractivity contribution is -0.117. The summed E-state index contributed by atoms with van der Waals surface area (Å²) >= 11 is 0. The van der Waals surface area contributed by atoms with Gasteiger partial charge < -0.3 is 26.4 Å². The molecule has 0 unspecified atom stereocenters. The first kappa shape index (κ1) is 40.9. The maximum Gasteiger partial charge on any atom is 0.264 e. The quantitative estimate of drug-likeness (QED) is 0.143. The number of nitrogens with two attached hydrogens (primary N) is 2. The van der Waals surface area contributed by atoms with Gasteiger partial charge in [-0.15, -0.1) is 0 Å². The van der Waals surface area contributed by atoms with E-state index in [1.165, 1.54) is 67.8 Å². The second-order valence-corrected chi connectivity index (χ2v) is 17.2. The van der Waals surface area contributed by atoms with E-state index in [1.807, 2.05) is 0 Å². The van der Waals surface area contributed by atoms with E-state index in [0.717, 1.165) is 41.3 Å². The molecule has 1 saturated heterocycles. The Balaban J connectivity index is 1.39. The van der Waals surface area contributed by atoms with E-state index >= 15 is 0 Å². The summed E-state index contributed by atoms with van der Waals surface area (Å²) in [6.07, 6.45) is 0.987. The summed E-state index contributed by atoms with van der Waals surface area (Å²) in [4.78, 5) is 41.8. The first-order valence-corrected chi connectivity index (χ1v) is 20.6. The molecule has 5 rings (SSSR count). The third kappa shape index (κ3) is 9.72. The van der Waals surface area contributed by atoms with Crippen LogP contribution in [0, 0.1) is 0 Å². The van der Waals surface area contributed by atoms with Gasteiger partial charge in [0.1, 0.15) is 18.8 Å². The molecule has 17 heteroatoms. The van der Waals surface area contributed by atoms with Crippen molar-refractivity contribution in [2.75, 3.05) is 66.9 Å². The van der Waals surface area contributed by atoms with Gasteiger partial charge in [0.25, 0.3) is 20.0 Å². The number of hydrogen-bond acceptors (Lipinski definition) is 10. The summed E-state index contributed by atoms with van der Waals surface area (Å²) in [5.41, 5.74) is 11.6. The van der Waals surface area contributed by atoms with Crippen LogP contribution in [-0.2, 0) is 34.4 Å². The predicted molar refractivity (Wildman–Crippen MR) is 212 cm³/mol. The molecule has 0 aromatic heterocycles. The highest BCUT2D eigenvalue weighted by Gasteiger charge is 2.32. The zero-order valence-corrected chi connectivity index (χ0v) is 32.7. The standard InChI is InChI=1S/C38H47N7O8S2/c1-27(2)43-23-21-42(22-24-43)20-6-9-38(48)41-28-10-14-30(15-11-28)54(49,50)44(25-36(39)46)34-18-19-35(33-8-5-4-7-32(33)34)45(26-37(40)47)55(51,52)31-16-12-29(53-3)13-17-31/h4-5,7-8,10-19,27H,6,9,20-26H2,1-3H3,(H2,39,46)(H2,40,47)(H,41,48). The Labute approximate surface area is 321 Å². The number of hydrogen-bond donors (Lipinski definition) is 3. The number of primary amides is 2. The molecule has 1 fully saturated rings. The molecule has 0 aliphatic carbocycles. The summed E-state index contributed by atoms with van der Waals surface area (Å²) in [7, 11) is -7.40. The molecule has 5 N–H and O–H groups in total. The molecule has 1 aliphatic heterocycles. The SMILES string of the molecule is COc1ccc(S(=O)(=O)N(CC(N)=O)c2ccc(N(CC(N)=O)S(=O)(=O)c3ccc(NC(=O)CCCN4CCN(C(C)C)CC4)cc3)c3ccccc23)cc1. The first-order valence-electron chi connectivity index (χ1n) is 17.8. The number of carbonyl (C=O) groups excluding carboxylic acids is 3. The molecular formula is C38H47N7O8S2. The van der Waals surface area contributed by atoms with Crippen molar-refractivity contribution in [1.82, 2.24) is 9.80 Å². The molecule has 3 amide bonds. The van der Waals surface area contributed by atoms with Crippen LogP contribution in [0.25, 0.3) is 10.8 Å². The zero-order valence-electron chi connectivity index (χ0n) is 31.1. The van der Waals surface area contributed by atoms with Crippen LogP contribution in [0.2, 0.25) is 0 Å². The van der Waals surface area contributed by atoms with Gasteiger partial charge in [0, 0.05) is 55.1 Å². The molecule has 0 saturated carbocycles. The van der Waals surface area contributed by atoms with Crippen LogP contribution in [0.4, 0.5) is 17.1 Å². The monoisotopic (exact) mass is 793 g/mol. The van der Waals surface area contributed by atoms with Gasteiger partial charge in [-0.25, -0.2) is 16.8 Å². The first-order chi connectivity index (χ1) is 26.1. The molecule has 55 heavy (non-hydrogen) atoms.